The summed E-state index contributed by atoms with van der Waals surface area (Å²) in [6, 6.07) is 0. The molecule has 0 bridgehead atoms. The van der Waals surface area contributed by atoms with Crippen molar-refractivity contribution in [2.24, 2.45) is 0 Å². The molecule has 86 valence electrons. The van der Waals surface area contributed by atoms with Gasteiger partial charge in [0.1, 0.15) is 12.9 Å². The summed E-state index contributed by atoms with van der Waals surface area (Å²) in [4.78, 5) is 3.87. The predicted octanol–water partition coefficient (Wildman–Crippen LogP) is 1.85. The maximum atomic E-state index is 11.7. The van der Waals surface area contributed by atoms with E-state index < -0.39 is 12.8 Å². The van der Waals surface area contributed by atoms with E-state index in [2.05, 4.69) is 14.8 Å². The van der Waals surface area contributed by atoms with Crippen molar-refractivity contribution in [1.29, 1.82) is 0 Å². The lowest BCUT2D eigenvalue weighted by atomic mass is 10.4. The van der Waals surface area contributed by atoms with Crippen LogP contribution in [-0.4, -0.2) is 34.2 Å². The van der Waals surface area contributed by atoms with Crippen molar-refractivity contribution < 1.29 is 17.9 Å². The van der Waals surface area contributed by atoms with E-state index in [9.17, 15) is 13.2 Å². The SMILES string of the molecule is FC(F)(F)COCCCn1cnc(I)n1. The highest BCUT2D eigenvalue weighted by atomic mass is 127. The first kappa shape index (κ1) is 12.7. The molecule has 0 aliphatic heterocycles. The monoisotopic (exact) mass is 335 g/mol. The van der Waals surface area contributed by atoms with Gasteiger partial charge < -0.3 is 4.74 Å². The Hall–Kier alpha value is -0.380. The maximum Gasteiger partial charge on any atom is 0.411 e. The Kier molecular flexibility index (Phi) is 4.77. The highest BCUT2D eigenvalue weighted by Gasteiger charge is 2.27. The molecule has 0 unspecified atom stereocenters. The Balaban J connectivity index is 2.07. The van der Waals surface area contributed by atoms with Crippen LogP contribution in [0.4, 0.5) is 13.2 Å². The lowest BCUT2D eigenvalue weighted by Gasteiger charge is -2.06. The Morgan fingerprint density at radius 2 is 2.20 bits per heavy atom. The molecule has 0 amide bonds. The van der Waals surface area contributed by atoms with Gasteiger partial charge in [0.15, 0.2) is 0 Å². The smallest absolute Gasteiger partial charge is 0.372 e. The molecule has 0 spiro atoms. The van der Waals surface area contributed by atoms with Gasteiger partial charge in [0.25, 0.3) is 0 Å². The number of ether oxygens (including phenoxy) is 1. The summed E-state index contributed by atoms with van der Waals surface area (Å²) in [7, 11) is 0. The zero-order valence-corrected chi connectivity index (χ0v) is 9.83. The van der Waals surface area contributed by atoms with Crippen LogP contribution in [-0.2, 0) is 11.3 Å². The zero-order chi connectivity index (χ0) is 11.3. The second-order valence-corrected chi connectivity index (χ2v) is 3.76. The van der Waals surface area contributed by atoms with Gasteiger partial charge in [-0.05, 0) is 6.42 Å². The summed E-state index contributed by atoms with van der Waals surface area (Å²) in [6.45, 7) is -0.619. The van der Waals surface area contributed by atoms with Crippen molar-refractivity contribution >= 4 is 22.6 Å². The van der Waals surface area contributed by atoms with E-state index in [4.69, 9.17) is 0 Å². The Bertz CT molecular complexity index is 302. The van der Waals surface area contributed by atoms with Gasteiger partial charge in [-0.3, -0.25) is 4.68 Å². The average molecular weight is 335 g/mol. The van der Waals surface area contributed by atoms with Crippen molar-refractivity contribution in [2.45, 2.75) is 19.1 Å². The van der Waals surface area contributed by atoms with Crippen LogP contribution in [0.2, 0.25) is 0 Å². The number of hydrogen-bond donors (Lipinski definition) is 0. The van der Waals surface area contributed by atoms with Gasteiger partial charge in [-0.15, -0.1) is 5.10 Å². The lowest BCUT2D eigenvalue weighted by Crippen LogP contribution is -2.17. The summed E-state index contributed by atoms with van der Waals surface area (Å²) in [5.41, 5.74) is 0. The Morgan fingerprint density at radius 3 is 2.73 bits per heavy atom. The fourth-order valence-electron chi connectivity index (χ4n) is 0.896. The predicted molar refractivity (Wildman–Crippen MR) is 54.2 cm³/mol. The van der Waals surface area contributed by atoms with Gasteiger partial charge >= 0.3 is 6.18 Å². The first-order chi connectivity index (χ1) is 6.97. The molecule has 1 aromatic rings. The van der Waals surface area contributed by atoms with Gasteiger partial charge in [0.2, 0.25) is 3.83 Å². The average Bonchev–Trinajstić information content (AvgIpc) is 2.49. The fraction of sp³-hybridized carbons (Fsp3) is 0.714. The van der Waals surface area contributed by atoms with Crippen molar-refractivity contribution in [3.63, 3.8) is 0 Å². The molecule has 0 radical (unpaired) electrons. The molecule has 0 atom stereocenters. The van der Waals surface area contributed by atoms with Gasteiger partial charge in [-0.25, -0.2) is 4.98 Å². The summed E-state index contributed by atoms with van der Waals surface area (Å²) in [5, 5.41) is 3.97. The number of halogens is 4. The van der Waals surface area contributed by atoms with Crippen LogP contribution in [0.15, 0.2) is 6.33 Å². The van der Waals surface area contributed by atoms with E-state index in [0.29, 0.717) is 16.8 Å². The first-order valence-corrected chi connectivity index (χ1v) is 5.25. The van der Waals surface area contributed by atoms with Crippen LogP contribution in [0.1, 0.15) is 6.42 Å². The van der Waals surface area contributed by atoms with E-state index >= 15 is 0 Å². The minimum atomic E-state index is -4.25. The maximum absolute atomic E-state index is 11.7. The third-order valence-electron chi connectivity index (χ3n) is 1.45. The molecule has 0 N–H and O–H groups in total. The van der Waals surface area contributed by atoms with Crippen molar-refractivity contribution in [2.75, 3.05) is 13.2 Å². The second kappa shape index (κ2) is 5.64. The summed E-state index contributed by atoms with van der Waals surface area (Å²) in [6.07, 6.45) is -2.23. The van der Waals surface area contributed by atoms with Crippen LogP contribution in [0.5, 0.6) is 0 Å². The van der Waals surface area contributed by atoms with E-state index in [1.165, 1.54) is 6.33 Å². The zero-order valence-electron chi connectivity index (χ0n) is 7.67. The number of rotatable bonds is 5. The molecule has 0 saturated carbocycles. The van der Waals surface area contributed by atoms with Crippen molar-refractivity contribution in [3.8, 4) is 0 Å². The Morgan fingerprint density at radius 1 is 1.47 bits per heavy atom. The minimum absolute atomic E-state index is 0.0654. The molecule has 0 fully saturated rings. The molecule has 1 rings (SSSR count). The second-order valence-electron chi connectivity index (χ2n) is 2.80. The number of nitrogens with zero attached hydrogens (tertiary/aromatic N) is 3. The molecule has 0 aromatic carbocycles. The molecule has 0 aliphatic carbocycles. The van der Waals surface area contributed by atoms with Crippen LogP contribution < -0.4 is 0 Å². The topological polar surface area (TPSA) is 39.9 Å². The molecule has 0 saturated heterocycles. The lowest BCUT2D eigenvalue weighted by molar-refractivity contribution is -0.174. The van der Waals surface area contributed by atoms with E-state index in [1.807, 2.05) is 22.6 Å². The third kappa shape index (κ3) is 5.92. The first-order valence-electron chi connectivity index (χ1n) is 4.17. The molecular formula is C7H9F3IN3O. The molecule has 4 nitrogen and oxygen atoms in total. The van der Waals surface area contributed by atoms with Crippen molar-refractivity contribution in [3.05, 3.63) is 10.2 Å². The third-order valence-corrected chi connectivity index (χ3v) is 1.94. The van der Waals surface area contributed by atoms with E-state index in [1.54, 1.807) is 4.68 Å². The number of aromatic nitrogens is 3. The van der Waals surface area contributed by atoms with Gasteiger partial charge in [-0.2, -0.15) is 13.2 Å². The molecule has 1 heterocycles. The van der Waals surface area contributed by atoms with Crippen LogP contribution in [0, 0.1) is 3.83 Å². The highest BCUT2D eigenvalue weighted by Crippen LogP contribution is 2.14. The summed E-state index contributed by atoms with van der Waals surface area (Å²) in [5.74, 6) is 0. The van der Waals surface area contributed by atoms with E-state index in [0.717, 1.165) is 0 Å². The number of hydrogen-bond acceptors (Lipinski definition) is 3. The fourth-order valence-corrected chi connectivity index (χ4v) is 1.30. The minimum Gasteiger partial charge on any atom is -0.372 e. The van der Waals surface area contributed by atoms with Gasteiger partial charge in [-0.1, -0.05) is 0 Å². The largest absolute Gasteiger partial charge is 0.411 e. The van der Waals surface area contributed by atoms with E-state index in [-0.39, 0.29) is 6.61 Å². The Labute approximate surface area is 98.0 Å². The molecule has 15 heavy (non-hydrogen) atoms. The quantitative estimate of drug-likeness (QED) is 0.609. The number of aryl methyl sites for hydroxylation is 1. The van der Waals surface area contributed by atoms with Crippen molar-refractivity contribution in [1.82, 2.24) is 14.8 Å². The number of alkyl halides is 3. The highest BCUT2D eigenvalue weighted by molar-refractivity contribution is 14.1. The van der Waals surface area contributed by atoms with Gasteiger partial charge in [0.05, 0.1) is 0 Å². The summed E-state index contributed by atoms with van der Waals surface area (Å²) >= 11 is 1.96. The summed E-state index contributed by atoms with van der Waals surface area (Å²) < 4.78 is 41.6. The standard InChI is InChI=1S/C7H9F3IN3O/c8-7(9,10)4-15-3-1-2-14-5-12-6(11)13-14/h5H,1-4H2. The van der Waals surface area contributed by atoms with Crippen LogP contribution in [0.25, 0.3) is 0 Å². The molecular weight excluding hydrogens is 326 g/mol. The van der Waals surface area contributed by atoms with Gasteiger partial charge in [0, 0.05) is 35.7 Å². The molecule has 1 aromatic heterocycles. The molecule has 8 heteroatoms. The molecule has 0 aliphatic rings. The normalized spacial score (nSPS) is 12.0. The van der Waals surface area contributed by atoms with Crippen LogP contribution in [0.3, 0.4) is 0 Å². The van der Waals surface area contributed by atoms with Crippen LogP contribution >= 0.6 is 22.6 Å².